The molecule has 1 aliphatic rings. The van der Waals surface area contributed by atoms with Gasteiger partial charge in [0.2, 0.25) is 0 Å². The van der Waals surface area contributed by atoms with Gasteiger partial charge >= 0.3 is 0 Å². The Balaban J connectivity index is 1.83. The van der Waals surface area contributed by atoms with Crippen LogP contribution in [0.1, 0.15) is 21.7 Å². The van der Waals surface area contributed by atoms with Crippen molar-refractivity contribution < 1.29 is 4.79 Å². The molecule has 1 aromatic heterocycles. The topological polar surface area (TPSA) is 38.1 Å². The molecular formula is C14H14BrN3O. The van der Waals surface area contributed by atoms with Gasteiger partial charge in [-0.25, -0.2) is 4.98 Å². The third-order valence-electron chi connectivity index (χ3n) is 3.44. The molecule has 0 fully saturated rings. The van der Waals surface area contributed by atoms with Crippen molar-refractivity contribution in [1.29, 1.82) is 0 Å². The van der Waals surface area contributed by atoms with Crippen molar-refractivity contribution >= 4 is 21.8 Å². The molecule has 0 bridgehead atoms. The highest BCUT2D eigenvalue weighted by Gasteiger charge is 2.22. The molecule has 0 radical (unpaired) electrons. The summed E-state index contributed by atoms with van der Waals surface area (Å²) >= 11 is 3.45. The Hall–Kier alpha value is -1.62. The minimum atomic E-state index is 0.0739. The Morgan fingerprint density at radius 3 is 3.00 bits per heavy atom. The number of rotatable bonds is 1. The molecule has 0 saturated heterocycles. The quantitative estimate of drug-likeness (QED) is 0.810. The number of fused-ring (bicyclic) bond motifs is 1. The Morgan fingerprint density at radius 1 is 1.37 bits per heavy atom. The van der Waals surface area contributed by atoms with Crippen LogP contribution in [0.3, 0.4) is 0 Å². The number of amides is 1. The molecule has 0 N–H and O–H groups in total. The minimum Gasteiger partial charge on any atom is -0.332 e. The third kappa shape index (κ3) is 2.30. The van der Waals surface area contributed by atoms with Crippen molar-refractivity contribution in [2.75, 3.05) is 6.54 Å². The summed E-state index contributed by atoms with van der Waals surface area (Å²) in [6.07, 6.45) is 3.74. The van der Waals surface area contributed by atoms with E-state index >= 15 is 0 Å². The van der Waals surface area contributed by atoms with Gasteiger partial charge in [0.15, 0.2) is 0 Å². The van der Waals surface area contributed by atoms with Crippen LogP contribution in [-0.2, 0) is 13.1 Å². The summed E-state index contributed by atoms with van der Waals surface area (Å²) in [6, 6.07) is 5.71. The van der Waals surface area contributed by atoms with E-state index in [4.69, 9.17) is 0 Å². The van der Waals surface area contributed by atoms with Gasteiger partial charge in [-0.15, -0.1) is 0 Å². The second-order valence-corrected chi connectivity index (χ2v) is 5.58. The van der Waals surface area contributed by atoms with E-state index < -0.39 is 0 Å². The molecule has 1 aromatic carbocycles. The normalized spacial score (nSPS) is 14.3. The van der Waals surface area contributed by atoms with Crippen molar-refractivity contribution in [1.82, 2.24) is 14.5 Å². The zero-order chi connectivity index (χ0) is 13.4. The summed E-state index contributed by atoms with van der Waals surface area (Å²) in [5.74, 6) is 1.03. The molecule has 2 aromatic rings. The zero-order valence-electron chi connectivity index (χ0n) is 10.6. The highest BCUT2D eigenvalue weighted by atomic mass is 79.9. The lowest BCUT2D eigenvalue weighted by Gasteiger charge is -2.27. The van der Waals surface area contributed by atoms with Crippen molar-refractivity contribution in [3.63, 3.8) is 0 Å². The summed E-state index contributed by atoms with van der Waals surface area (Å²) in [7, 11) is 0. The van der Waals surface area contributed by atoms with Crippen LogP contribution in [0.4, 0.5) is 0 Å². The van der Waals surface area contributed by atoms with Gasteiger partial charge in [0.05, 0.1) is 6.54 Å². The average Bonchev–Trinajstić information content (AvgIpc) is 2.88. The second-order valence-electron chi connectivity index (χ2n) is 4.73. The van der Waals surface area contributed by atoms with Crippen LogP contribution >= 0.6 is 15.9 Å². The predicted molar refractivity (Wildman–Crippen MR) is 75.8 cm³/mol. The fourth-order valence-corrected chi connectivity index (χ4v) is 2.55. The number of hydrogen-bond donors (Lipinski definition) is 0. The number of imidazole rings is 1. The van der Waals surface area contributed by atoms with E-state index in [0.717, 1.165) is 34.5 Å². The van der Waals surface area contributed by atoms with Gasteiger partial charge < -0.3 is 9.47 Å². The molecule has 5 heteroatoms. The largest absolute Gasteiger partial charge is 0.332 e. The SMILES string of the molecule is Cc1cc(C(=O)N2CCn3ccnc3C2)ccc1Br. The standard InChI is InChI=1S/C14H14BrN3O/c1-10-8-11(2-3-12(10)15)14(19)18-7-6-17-5-4-16-13(17)9-18/h2-5,8H,6-7,9H2,1H3. The minimum absolute atomic E-state index is 0.0739. The number of hydrogen-bond acceptors (Lipinski definition) is 2. The summed E-state index contributed by atoms with van der Waals surface area (Å²) in [5, 5.41) is 0. The summed E-state index contributed by atoms with van der Waals surface area (Å²) in [5.41, 5.74) is 1.81. The molecule has 0 atom stereocenters. The predicted octanol–water partition coefficient (Wildman–Crippen LogP) is 2.61. The fraction of sp³-hybridized carbons (Fsp3) is 0.286. The van der Waals surface area contributed by atoms with Crippen molar-refractivity contribution in [3.8, 4) is 0 Å². The number of halogens is 1. The molecule has 1 aliphatic heterocycles. The third-order valence-corrected chi connectivity index (χ3v) is 4.33. The van der Waals surface area contributed by atoms with Gasteiger partial charge in [0, 0.05) is 35.5 Å². The molecule has 0 spiro atoms. The lowest BCUT2D eigenvalue weighted by Crippen LogP contribution is -2.38. The summed E-state index contributed by atoms with van der Waals surface area (Å²) in [6.45, 7) is 4.12. The summed E-state index contributed by atoms with van der Waals surface area (Å²) < 4.78 is 3.12. The first-order chi connectivity index (χ1) is 9.15. The molecule has 0 unspecified atom stereocenters. The number of aryl methyl sites for hydroxylation is 1. The maximum Gasteiger partial charge on any atom is 0.254 e. The van der Waals surface area contributed by atoms with Crippen molar-refractivity contribution in [2.45, 2.75) is 20.0 Å². The molecule has 0 saturated carbocycles. The molecule has 98 valence electrons. The number of aromatic nitrogens is 2. The van der Waals surface area contributed by atoms with Crippen LogP contribution < -0.4 is 0 Å². The second kappa shape index (κ2) is 4.81. The van der Waals surface area contributed by atoms with Crippen LogP contribution in [0.25, 0.3) is 0 Å². The van der Waals surface area contributed by atoms with Crippen LogP contribution in [0, 0.1) is 6.92 Å². The maximum absolute atomic E-state index is 12.5. The Kier molecular flexibility index (Phi) is 3.14. The van der Waals surface area contributed by atoms with Crippen molar-refractivity contribution in [3.05, 3.63) is 52.0 Å². The lowest BCUT2D eigenvalue weighted by molar-refractivity contribution is 0.0707. The van der Waals surface area contributed by atoms with Crippen LogP contribution in [0.15, 0.2) is 35.1 Å². The molecule has 4 nitrogen and oxygen atoms in total. The van der Waals surface area contributed by atoms with Crippen LogP contribution in [0.2, 0.25) is 0 Å². The number of benzene rings is 1. The van der Waals surface area contributed by atoms with E-state index in [-0.39, 0.29) is 5.91 Å². The van der Waals surface area contributed by atoms with E-state index in [9.17, 15) is 4.79 Å². The number of nitrogens with zero attached hydrogens (tertiary/aromatic N) is 3. The Labute approximate surface area is 120 Å². The summed E-state index contributed by atoms with van der Waals surface area (Å²) in [4.78, 5) is 18.6. The zero-order valence-corrected chi connectivity index (χ0v) is 12.2. The number of carbonyl (C=O) groups excluding carboxylic acids is 1. The van der Waals surface area contributed by atoms with Gasteiger partial charge in [0.25, 0.3) is 5.91 Å². The first kappa shape index (κ1) is 12.4. The Bertz CT molecular complexity index is 635. The van der Waals surface area contributed by atoms with E-state index in [1.54, 1.807) is 6.20 Å². The van der Waals surface area contributed by atoms with Crippen LogP contribution in [-0.4, -0.2) is 26.9 Å². The highest BCUT2D eigenvalue weighted by Crippen LogP contribution is 2.19. The van der Waals surface area contributed by atoms with Gasteiger partial charge in [-0.1, -0.05) is 15.9 Å². The van der Waals surface area contributed by atoms with Gasteiger partial charge in [-0.2, -0.15) is 0 Å². The van der Waals surface area contributed by atoms with E-state index in [0.29, 0.717) is 6.54 Å². The monoisotopic (exact) mass is 319 g/mol. The maximum atomic E-state index is 12.5. The van der Waals surface area contributed by atoms with Crippen molar-refractivity contribution in [2.24, 2.45) is 0 Å². The first-order valence-electron chi connectivity index (χ1n) is 6.20. The molecule has 2 heterocycles. The van der Waals surface area contributed by atoms with E-state index in [1.807, 2.05) is 36.2 Å². The average molecular weight is 320 g/mol. The molecule has 19 heavy (non-hydrogen) atoms. The van der Waals surface area contributed by atoms with E-state index in [2.05, 4.69) is 25.5 Å². The highest BCUT2D eigenvalue weighted by molar-refractivity contribution is 9.10. The Morgan fingerprint density at radius 2 is 2.21 bits per heavy atom. The first-order valence-corrected chi connectivity index (χ1v) is 7.00. The van der Waals surface area contributed by atoms with Gasteiger partial charge in [-0.3, -0.25) is 4.79 Å². The van der Waals surface area contributed by atoms with E-state index in [1.165, 1.54) is 0 Å². The smallest absolute Gasteiger partial charge is 0.254 e. The van der Waals surface area contributed by atoms with Gasteiger partial charge in [0.1, 0.15) is 5.82 Å². The van der Waals surface area contributed by atoms with Gasteiger partial charge in [-0.05, 0) is 30.7 Å². The lowest BCUT2D eigenvalue weighted by atomic mass is 10.1. The molecule has 0 aliphatic carbocycles. The number of carbonyl (C=O) groups is 1. The molecule has 3 rings (SSSR count). The molecular weight excluding hydrogens is 306 g/mol. The molecule has 1 amide bonds. The van der Waals surface area contributed by atoms with Crippen LogP contribution in [0.5, 0.6) is 0 Å². The fourth-order valence-electron chi connectivity index (χ4n) is 2.31.